The van der Waals surface area contributed by atoms with E-state index in [9.17, 15) is 9.50 Å². The molecule has 0 saturated heterocycles. The molecule has 2 heterocycles. The fourth-order valence-electron chi connectivity index (χ4n) is 2.68. The Morgan fingerprint density at radius 3 is 2.76 bits per heavy atom. The maximum absolute atomic E-state index is 13.3. The molecule has 0 saturated carbocycles. The van der Waals surface area contributed by atoms with Gasteiger partial charge in [0.1, 0.15) is 23.3 Å². The second-order valence-electron chi connectivity index (χ2n) is 5.35. The van der Waals surface area contributed by atoms with E-state index in [1.54, 1.807) is 10.7 Å². The van der Waals surface area contributed by atoms with Crippen LogP contribution in [-0.4, -0.2) is 14.9 Å². The second kappa shape index (κ2) is 5.00. The van der Waals surface area contributed by atoms with Crippen molar-refractivity contribution >= 4 is 11.0 Å². The van der Waals surface area contributed by atoms with Crippen LogP contribution in [0.1, 0.15) is 28.8 Å². The van der Waals surface area contributed by atoms with Crippen LogP contribution in [0.4, 0.5) is 4.39 Å². The van der Waals surface area contributed by atoms with E-state index < -0.39 is 6.10 Å². The van der Waals surface area contributed by atoms with Crippen LogP contribution >= 0.6 is 0 Å². The van der Waals surface area contributed by atoms with Crippen LogP contribution in [0.5, 0.6) is 0 Å². The minimum Gasteiger partial charge on any atom is -0.458 e. The molecule has 0 fully saturated rings. The third-order valence-corrected chi connectivity index (χ3v) is 3.74. The Kier molecular flexibility index (Phi) is 3.29. The molecule has 2 aromatic heterocycles. The first kappa shape index (κ1) is 13.8. The monoisotopic (exact) mass is 288 g/mol. The summed E-state index contributed by atoms with van der Waals surface area (Å²) in [5.41, 5.74) is 3.19. The fraction of sp³-hybridized carbons (Fsp3) is 0.312. The molecule has 1 unspecified atom stereocenters. The number of nitrogens with zero attached hydrogens (tertiary/aromatic N) is 2. The molecule has 0 spiro atoms. The molecule has 1 N–H and O–H groups in total. The molecule has 0 bridgehead atoms. The van der Waals surface area contributed by atoms with Gasteiger partial charge in [0.15, 0.2) is 0 Å². The third-order valence-electron chi connectivity index (χ3n) is 3.74. The van der Waals surface area contributed by atoms with E-state index in [-0.39, 0.29) is 5.82 Å². The summed E-state index contributed by atoms with van der Waals surface area (Å²) in [4.78, 5) is 0. The van der Waals surface area contributed by atoms with Crippen LogP contribution < -0.4 is 0 Å². The number of rotatable bonds is 3. The highest BCUT2D eigenvalue weighted by Crippen LogP contribution is 2.31. The predicted molar refractivity (Wildman–Crippen MR) is 77.5 cm³/mol. The van der Waals surface area contributed by atoms with Gasteiger partial charge in [-0.3, -0.25) is 4.68 Å². The highest BCUT2D eigenvalue weighted by Gasteiger charge is 2.20. The van der Waals surface area contributed by atoms with Gasteiger partial charge in [0, 0.05) is 30.1 Å². The van der Waals surface area contributed by atoms with Gasteiger partial charge in [0.2, 0.25) is 0 Å². The van der Waals surface area contributed by atoms with Crippen molar-refractivity contribution in [3.05, 3.63) is 52.8 Å². The van der Waals surface area contributed by atoms with Gasteiger partial charge in [-0.1, -0.05) is 0 Å². The molecule has 0 aliphatic carbocycles. The molecule has 0 aliphatic heterocycles. The zero-order valence-corrected chi connectivity index (χ0v) is 12.2. The predicted octanol–water partition coefficient (Wildman–Crippen LogP) is 3.20. The first-order valence-corrected chi connectivity index (χ1v) is 6.82. The molecular weight excluding hydrogens is 271 g/mol. The number of furan rings is 1. The van der Waals surface area contributed by atoms with Gasteiger partial charge in [-0.2, -0.15) is 5.10 Å². The summed E-state index contributed by atoms with van der Waals surface area (Å²) in [7, 11) is 1.84. The summed E-state index contributed by atoms with van der Waals surface area (Å²) < 4.78 is 20.7. The standard InChI is InChI=1S/C16H17FN2O2/c1-9-6-12(19(3)18-9)8-14(20)16-10(2)13-7-11(17)4-5-15(13)21-16/h4-7,14,20H,8H2,1-3H3. The lowest BCUT2D eigenvalue weighted by Crippen LogP contribution is -2.06. The summed E-state index contributed by atoms with van der Waals surface area (Å²) in [6, 6.07) is 6.30. The molecule has 3 rings (SSSR count). The highest BCUT2D eigenvalue weighted by molar-refractivity contribution is 5.82. The van der Waals surface area contributed by atoms with Gasteiger partial charge in [0.05, 0.1) is 5.69 Å². The third kappa shape index (κ3) is 2.45. The van der Waals surface area contributed by atoms with Crippen LogP contribution in [0.3, 0.4) is 0 Å². The van der Waals surface area contributed by atoms with Crippen molar-refractivity contribution in [1.82, 2.24) is 9.78 Å². The minimum absolute atomic E-state index is 0.310. The summed E-state index contributed by atoms with van der Waals surface area (Å²) in [6.07, 6.45) is -0.379. The first-order chi connectivity index (χ1) is 9.95. The molecule has 4 nitrogen and oxygen atoms in total. The van der Waals surface area contributed by atoms with Crippen molar-refractivity contribution in [3.63, 3.8) is 0 Å². The van der Waals surface area contributed by atoms with Crippen LogP contribution in [0.25, 0.3) is 11.0 Å². The number of aliphatic hydroxyl groups excluding tert-OH is 1. The molecule has 110 valence electrons. The van der Waals surface area contributed by atoms with Crippen molar-refractivity contribution in [2.24, 2.45) is 7.05 Å². The maximum atomic E-state index is 13.3. The number of aliphatic hydroxyl groups is 1. The smallest absolute Gasteiger partial charge is 0.137 e. The molecule has 1 aromatic carbocycles. The lowest BCUT2D eigenvalue weighted by atomic mass is 10.1. The molecule has 0 aliphatic rings. The van der Waals surface area contributed by atoms with Crippen molar-refractivity contribution in [2.75, 3.05) is 0 Å². The van der Waals surface area contributed by atoms with E-state index >= 15 is 0 Å². The number of aromatic nitrogens is 2. The van der Waals surface area contributed by atoms with Crippen molar-refractivity contribution < 1.29 is 13.9 Å². The number of hydrogen-bond acceptors (Lipinski definition) is 3. The van der Waals surface area contributed by atoms with Gasteiger partial charge < -0.3 is 9.52 Å². The summed E-state index contributed by atoms with van der Waals surface area (Å²) in [6.45, 7) is 3.74. The van der Waals surface area contributed by atoms with Crippen LogP contribution in [0.15, 0.2) is 28.7 Å². The van der Waals surface area contributed by atoms with E-state index in [1.807, 2.05) is 27.0 Å². The van der Waals surface area contributed by atoms with Gasteiger partial charge in [-0.25, -0.2) is 4.39 Å². The number of aryl methyl sites for hydroxylation is 3. The quantitative estimate of drug-likeness (QED) is 0.805. The van der Waals surface area contributed by atoms with E-state index in [1.165, 1.54) is 12.1 Å². The number of hydrogen-bond donors (Lipinski definition) is 1. The van der Waals surface area contributed by atoms with Gasteiger partial charge >= 0.3 is 0 Å². The minimum atomic E-state index is -0.782. The molecule has 3 aromatic rings. The topological polar surface area (TPSA) is 51.2 Å². The molecular formula is C16H17FN2O2. The average Bonchev–Trinajstić information content (AvgIpc) is 2.91. The first-order valence-electron chi connectivity index (χ1n) is 6.82. The zero-order valence-electron chi connectivity index (χ0n) is 12.2. The molecule has 21 heavy (non-hydrogen) atoms. The fourth-order valence-corrected chi connectivity index (χ4v) is 2.68. The summed E-state index contributed by atoms with van der Waals surface area (Å²) in [5, 5.41) is 15.4. The normalized spacial score (nSPS) is 13.0. The van der Waals surface area contributed by atoms with Crippen molar-refractivity contribution in [3.8, 4) is 0 Å². The number of benzene rings is 1. The molecule has 0 amide bonds. The van der Waals surface area contributed by atoms with Gasteiger partial charge in [0.25, 0.3) is 0 Å². The van der Waals surface area contributed by atoms with Crippen LogP contribution in [0, 0.1) is 19.7 Å². The average molecular weight is 288 g/mol. The molecule has 1 atom stereocenters. The number of halogens is 1. The highest BCUT2D eigenvalue weighted by atomic mass is 19.1. The van der Waals surface area contributed by atoms with E-state index in [4.69, 9.17) is 4.42 Å². The van der Waals surface area contributed by atoms with E-state index in [0.717, 1.165) is 17.0 Å². The lowest BCUT2D eigenvalue weighted by molar-refractivity contribution is 0.149. The van der Waals surface area contributed by atoms with E-state index in [0.29, 0.717) is 23.2 Å². The summed E-state index contributed by atoms with van der Waals surface area (Å²) in [5.74, 6) is 0.171. The Bertz CT molecular complexity index is 804. The Morgan fingerprint density at radius 2 is 2.10 bits per heavy atom. The van der Waals surface area contributed by atoms with Gasteiger partial charge in [-0.15, -0.1) is 0 Å². The van der Waals surface area contributed by atoms with Crippen molar-refractivity contribution in [2.45, 2.75) is 26.4 Å². The van der Waals surface area contributed by atoms with Crippen molar-refractivity contribution in [1.29, 1.82) is 0 Å². The Morgan fingerprint density at radius 1 is 1.33 bits per heavy atom. The Hall–Kier alpha value is -2.14. The second-order valence-corrected chi connectivity index (χ2v) is 5.35. The zero-order chi connectivity index (χ0) is 15.1. The largest absolute Gasteiger partial charge is 0.458 e. The number of fused-ring (bicyclic) bond motifs is 1. The molecule has 5 heteroatoms. The maximum Gasteiger partial charge on any atom is 0.137 e. The van der Waals surface area contributed by atoms with Crippen LogP contribution in [-0.2, 0) is 13.5 Å². The lowest BCUT2D eigenvalue weighted by Gasteiger charge is -2.09. The van der Waals surface area contributed by atoms with Crippen LogP contribution in [0.2, 0.25) is 0 Å². The summed E-state index contributed by atoms with van der Waals surface area (Å²) >= 11 is 0. The van der Waals surface area contributed by atoms with Gasteiger partial charge in [-0.05, 0) is 38.1 Å². The molecule has 0 radical (unpaired) electrons. The Balaban J connectivity index is 1.96. The van der Waals surface area contributed by atoms with E-state index in [2.05, 4.69) is 5.10 Å². The SMILES string of the molecule is Cc1cc(CC(O)c2oc3ccc(F)cc3c2C)n(C)n1. The Labute approximate surface area is 121 Å².